The minimum Gasteiger partial charge on any atom is -0.358 e. The molecule has 9 aromatic carbocycles. The topological polar surface area (TPSA) is 73.3 Å². The number of hydrogen-bond donors (Lipinski definition) is 0. The summed E-state index contributed by atoms with van der Waals surface area (Å²) in [6, 6.07) is 76.9. The van der Waals surface area contributed by atoms with Crippen molar-refractivity contribution < 1.29 is 20.1 Å². The van der Waals surface area contributed by atoms with Gasteiger partial charge in [-0.05, 0) is 111 Å². The van der Waals surface area contributed by atoms with Gasteiger partial charge >= 0.3 is 0 Å². The van der Waals surface area contributed by atoms with Gasteiger partial charge in [-0.1, -0.05) is 202 Å². The number of pyridine rings is 1. The summed E-state index contributed by atoms with van der Waals surface area (Å²) in [7, 11) is 0. The third kappa shape index (κ3) is 10.1. The third-order valence-electron chi connectivity index (χ3n) is 16.7. The summed E-state index contributed by atoms with van der Waals surface area (Å²) >= 11 is 1.85. The maximum atomic E-state index is 5.34. The van der Waals surface area contributed by atoms with Crippen LogP contribution in [0.4, 0.5) is 0 Å². The number of aromatic nitrogens is 7. The van der Waals surface area contributed by atoms with Crippen LogP contribution in [0.1, 0.15) is 70.1 Å². The molecule has 9 heteroatoms. The first-order valence-corrected chi connectivity index (χ1v) is 30.2. The van der Waals surface area contributed by atoms with Crippen molar-refractivity contribution >= 4 is 64.6 Å². The molecule has 7 nitrogen and oxygen atoms in total. The van der Waals surface area contributed by atoms with E-state index in [1.807, 2.05) is 31.4 Å². The van der Waals surface area contributed by atoms with Gasteiger partial charge in [0.25, 0.3) is 0 Å². The van der Waals surface area contributed by atoms with E-state index >= 15 is 0 Å². The first-order chi connectivity index (χ1) is 41.6. The molecule has 0 fully saturated rings. The molecule has 0 aliphatic carbocycles. The number of nitrogens with zero attached hydrogens (tertiary/aromatic N) is 7. The maximum Gasteiger partial charge on any atom is 0.101 e. The van der Waals surface area contributed by atoms with Gasteiger partial charge in [0.1, 0.15) is 11.6 Å². The van der Waals surface area contributed by atoms with Crippen molar-refractivity contribution in [1.29, 1.82) is 0 Å². The molecular formula is C79H63IrN7S-4. The number of aryl methyl sites for hydroxylation is 3. The van der Waals surface area contributed by atoms with Crippen LogP contribution in [0.25, 0.3) is 142 Å². The van der Waals surface area contributed by atoms with Crippen molar-refractivity contribution in [3.8, 4) is 89.1 Å². The summed E-state index contributed by atoms with van der Waals surface area (Å²) in [6.45, 7) is 19.5. The SMILES string of the molecule is Cc1cn2c(C(C)(C)C)nc3cc(-c4ccccc4-c4cc(-c5ccccc5-c5ccc(-c6[c-]cc(C)c(-c7ccc8c(c7)sc7ccccc78)c6)nc5)cc(-c5ccccc5-c5c[c-]c6c(c5)nc(C(C)(C)C)n5cc(C)nc65)c4)c[c-]c3c2n1.[CH3-].[Ir]. The zero-order valence-electron chi connectivity index (χ0n) is 50.9. The summed E-state index contributed by atoms with van der Waals surface area (Å²) in [4.78, 5) is 25.8. The molecule has 0 amide bonds. The molecule has 0 unspecified atom stereocenters. The number of benzene rings is 9. The Bertz CT molecular complexity index is 5050. The largest absolute Gasteiger partial charge is 0.358 e. The molecule has 0 N–H and O–H groups in total. The molecular weight excluding hydrogens is 1270 g/mol. The molecule has 0 aliphatic heterocycles. The van der Waals surface area contributed by atoms with Gasteiger partial charge in [-0.2, -0.15) is 0 Å². The van der Waals surface area contributed by atoms with Crippen molar-refractivity contribution in [2.75, 3.05) is 0 Å². The first-order valence-electron chi connectivity index (χ1n) is 29.4. The fourth-order valence-electron chi connectivity index (χ4n) is 12.6. The van der Waals surface area contributed by atoms with Gasteiger partial charge in [-0.15, -0.1) is 77.1 Å². The molecule has 0 aliphatic rings. The van der Waals surface area contributed by atoms with Gasteiger partial charge in [0.05, 0.1) is 11.3 Å². The zero-order chi connectivity index (χ0) is 58.8. The molecule has 6 aromatic heterocycles. The smallest absolute Gasteiger partial charge is 0.101 e. The number of thiophene rings is 1. The fraction of sp³-hybridized carbons (Fsp3) is 0.139. The van der Waals surface area contributed by atoms with E-state index in [0.29, 0.717) is 0 Å². The average molecular weight is 1330 g/mol. The van der Waals surface area contributed by atoms with E-state index < -0.39 is 0 Å². The van der Waals surface area contributed by atoms with E-state index in [1.165, 1.54) is 36.9 Å². The van der Waals surface area contributed by atoms with Crippen molar-refractivity contribution in [1.82, 2.24) is 33.7 Å². The van der Waals surface area contributed by atoms with Crippen molar-refractivity contribution in [2.24, 2.45) is 0 Å². The third-order valence-corrected chi connectivity index (χ3v) is 17.8. The van der Waals surface area contributed by atoms with Crippen LogP contribution in [0.2, 0.25) is 0 Å². The Balaban J connectivity index is 0.00000357. The van der Waals surface area contributed by atoms with Crippen LogP contribution in [-0.2, 0) is 30.9 Å². The number of rotatable bonds is 8. The quantitative estimate of drug-likeness (QED) is 0.142. The zero-order valence-corrected chi connectivity index (χ0v) is 54.1. The monoisotopic (exact) mass is 1330 g/mol. The number of fused-ring (bicyclic) bond motifs is 9. The second-order valence-electron chi connectivity index (χ2n) is 24.9. The van der Waals surface area contributed by atoms with Gasteiger partial charge < -0.3 is 21.2 Å². The van der Waals surface area contributed by atoms with Crippen LogP contribution in [0.15, 0.2) is 201 Å². The molecule has 0 bridgehead atoms. The minimum atomic E-state index is -0.224. The van der Waals surface area contributed by atoms with E-state index in [0.717, 1.165) is 134 Å². The van der Waals surface area contributed by atoms with E-state index in [2.05, 4.69) is 270 Å². The second kappa shape index (κ2) is 22.2. The van der Waals surface area contributed by atoms with Crippen molar-refractivity contribution in [3.63, 3.8) is 0 Å². The average Bonchev–Trinajstić information content (AvgIpc) is 2.97. The van der Waals surface area contributed by atoms with Crippen LogP contribution < -0.4 is 0 Å². The van der Waals surface area contributed by atoms with Crippen LogP contribution in [0.3, 0.4) is 0 Å². The Labute approximate surface area is 531 Å². The Morgan fingerprint density at radius 2 is 0.864 bits per heavy atom. The van der Waals surface area contributed by atoms with E-state index in [9.17, 15) is 0 Å². The molecule has 0 atom stereocenters. The van der Waals surface area contributed by atoms with E-state index in [4.69, 9.17) is 24.9 Å². The molecule has 15 aromatic rings. The minimum absolute atomic E-state index is 0. The van der Waals surface area contributed by atoms with E-state index in [-0.39, 0.29) is 38.4 Å². The molecule has 6 heterocycles. The molecule has 433 valence electrons. The standard InChI is InChI=1S/C78H60N7S.CH3.Ir/c1-46-26-27-52(39-67(46)51-28-32-64-63-24-16-17-25-71(63)86-72(64)42-51)68-35-31-53(43-79-68)59-20-12-15-23-62(59)56-37-54(60-21-13-10-18-57(60)49-29-33-65-69(40-49)82-75(77(4,5)6)84-44-47(2)80-73(65)84)36-55(38-56)61-22-14-11-19-58(61)50-30-34-66-70(41-50)83-76(78(7,8)9)85-45-48(3)81-74(66)85;;/h10-26,28-32,35-45H,1-9H3;1H3;/q-3;-1;. The Morgan fingerprint density at radius 1 is 0.409 bits per heavy atom. The van der Waals surface area contributed by atoms with Gasteiger partial charge in [0, 0.05) is 81.1 Å². The molecule has 0 saturated heterocycles. The van der Waals surface area contributed by atoms with Gasteiger partial charge in [0.15, 0.2) is 0 Å². The molecule has 0 saturated carbocycles. The molecule has 0 spiro atoms. The molecule has 1 radical (unpaired) electrons. The first kappa shape index (κ1) is 57.8. The predicted molar refractivity (Wildman–Crippen MR) is 363 cm³/mol. The summed E-state index contributed by atoms with van der Waals surface area (Å²) in [5.41, 5.74) is 23.1. The van der Waals surface area contributed by atoms with E-state index in [1.54, 1.807) is 0 Å². The van der Waals surface area contributed by atoms with Gasteiger partial charge in [-0.25, -0.2) is 0 Å². The normalized spacial score (nSPS) is 12.0. The molecule has 15 rings (SSSR count). The van der Waals surface area contributed by atoms with Crippen LogP contribution in [0.5, 0.6) is 0 Å². The second-order valence-corrected chi connectivity index (χ2v) is 26.0. The van der Waals surface area contributed by atoms with Crippen molar-refractivity contribution in [2.45, 2.75) is 73.1 Å². The predicted octanol–water partition coefficient (Wildman–Crippen LogP) is 20.5. The summed E-state index contributed by atoms with van der Waals surface area (Å²) < 4.78 is 6.86. The van der Waals surface area contributed by atoms with Gasteiger partial charge in [0.2, 0.25) is 0 Å². The Kier molecular flexibility index (Phi) is 14.6. The number of imidazole rings is 2. The summed E-state index contributed by atoms with van der Waals surface area (Å²) in [5.74, 6) is 1.91. The summed E-state index contributed by atoms with van der Waals surface area (Å²) in [5, 5.41) is 4.40. The Hall–Kier alpha value is -9.24. The molecule has 88 heavy (non-hydrogen) atoms. The Morgan fingerprint density at radius 3 is 1.35 bits per heavy atom. The maximum absolute atomic E-state index is 5.34. The number of hydrogen-bond acceptors (Lipinski definition) is 6. The summed E-state index contributed by atoms with van der Waals surface area (Å²) in [6.07, 6.45) is 6.18. The van der Waals surface area contributed by atoms with Crippen LogP contribution in [-0.4, -0.2) is 33.7 Å². The fourth-order valence-corrected chi connectivity index (χ4v) is 13.7. The van der Waals surface area contributed by atoms with Crippen LogP contribution in [0, 0.1) is 46.4 Å². The van der Waals surface area contributed by atoms with Crippen molar-refractivity contribution in [3.05, 3.63) is 255 Å². The van der Waals surface area contributed by atoms with Gasteiger partial charge in [-0.3, -0.25) is 19.9 Å². The van der Waals surface area contributed by atoms with Crippen LogP contribution >= 0.6 is 11.3 Å².